The van der Waals surface area contributed by atoms with Crippen LogP contribution in [0.3, 0.4) is 0 Å². The van der Waals surface area contributed by atoms with Crippen LogP contribution in [0.25, 0.3) is 0 Å². The molecule has 164 valence electrons. The molecule has 0 atom stereocenters. The zero-order valence-electron chi connectivity index (χ0n) is 17.2. The lowest BCUT2D eigenvalue weighted by Gasteiger charge is -2.13. The van der Waals surface area contributed by atoms with Crippen LogP contribution in [0.1, 0.15) is 35.7 Å². The summed E-state index contributed by atoms with van der Waals surface area (Å²) in [6, 6.07) is 15.1. The molecule has 0 spiro atoms. The summed E-state index contributed by atoms with van der Waals surface area (Å²) in [4.78, 5) is 12.5. The van der Waals surface area contributed by atoms with Gasteiger partial charge in [0.05, 0.1) is 6.61 Å². The first-order valence-corrected chi connectivity index (χ1v) is 9.82. The minimum atomic E-state index is -2.98. The molecule has 31 heavy (non-hydrogen) atoms. The summed E-state index contributed by atoms with van der Waals surface area (Å²) >= 11 is 0. The Kier molecular flexibility index (Phi) is 7.48. The smallest absolute Gasteiger partial charge is 0.387 e. The molecule has 0 bridgehead atoms. The maximum absolute atomic E-state index is 12.5. The first-order chi connectivity index (χ1) is 15.0. The number of rotatable bonds is 10. The molecule has 3 rings (SSSR count). The van der Waals surface area contributed by atoms with E-state index in [4.69, 9.17) is 13.9 Å². The monoisotopic (exact) mass is 431 g/mol. The number of carbonyl (C=O) groups is 1. The summed E-state index contributed by atoms with van der Waals surface area (Å²) in [5, 5.41) is 2.64. The summed E-state index contributed by atoms with van der Waals surface area (Å²) in [6.45, 7) is 1.23. The number of furan rings is 1. The van der Waals surface area contributed by atoms with E-state index in [1.807, 2.05) is 24.3 Å². The second kappa shape index (κ2) is 10.5. The van der Waals surface area contributed by atoms with E-state index >= 15 is 0 Å². The Balaban J connectivity index is 1.61. The van der Waals surface area contributed by atoms with Gasteiger partial charge in [-0.1, -0.05) is 19.1 Å². The Morgan fingerprint density at radius 2 is 1.77 bits per heavy atom. The Morgan fingerprint density at radius 1 is 1.00 bits per heavy atom. The molecule has 0 fully saturated rings. The van der Waals surface area contributed by atoms with Crippen molar-refractivity contribution in [1.82, 2.24) is 0 Å². The van der Waals surface area contributed by atoms with E-state index in [1.54, 1.807) is 13.0 Å². The van der Waals surface area contributed by atoms with E-state index in [-0.39, 0.29) is 30.5 Å². The molecule has 0 radical (unpaired) electrons. The second-order valence-electron chi connectivity index (χ2n) is 6.48. The maximum Gasteiger partial charge on any atom is 0.387 e. The number of ether oxygens (including phenoxy) is 3. The highest BCUT2D eigenvalue weighted by Crippen LogP contribution is 2.32. The number of amides is 1. The Bertz CT molecular complexity index is 1000. The molecule has 0 saturated carbocycles. The number of alkyl halides is 2. The van der Waals surface area contributed by atoms with Crippen LogP contribution in [-0.4, -0.2) is 19.1 Å². The Labute approximate surface area is 178 Å². The van der Waals surface area contributed by atoms with E-state index in [0.29, 0.717) is 17.2 Å². The van der Waals surface area contributed by atoms with Gasteiger partial charge in [0.25, 0.3) is 5.91 Å². The Hall–Kier alpha value is -3.55. The van der Waals surface area contributed by atoms with Crippen molar-refractivity contribution in [2.45, 2.75) is 33.5 Å². The summed E-state index contributed by atoms with van der Waals surface area (Å²) in [5.74, 6) is 0.770. The number of carbonyl (C=O) groups excluding carboxylic acids is 1. The number of anilines is 1. The van der Waals surface area contributed by atoms with Crippen LogP contribution < -0.4 is 19.5 Å². The van der Waals surface area contributed by atoms with Crippen LogP contribution in [0.15, 0.2) is 59.0 Å². The number of hydrogen-bond acceptors (Lipinski definition) is 5. The normalized spacial score (nSPS) is 10.7. The van der Waals surface area contributed by atoms with Gasteiger partial charge in [-0.3, -0.25) is 4.79 Å². The van der Waals surface area contributed by atoms with Crippen LogP contribution in [-0.2, 0) is 13.0 Å². The molecule has 8 heteroatoms. The fraction of sp³-hybridized carbons (Fsp3) is 0.261. The van der Waals surface area contributed by atoms with Crippen LogP contribution in [0.5, 0.6) is 17.2 Å². The van der Waals surface area contributed by atoms with Crippen LogP contribution >= 0.6 is 0 Å². The van der Waals surface area contributed by atoms with E-state index in [1.165, 1.54) is 29.8 Å². The molecule has 0 saturated heterocycles. The first kappa shape index (κ1) is 22.1. The minimum Gasteiger partial charge on any atom is -0.490 e. The molecule has 0 aliphatic carbocycles. The third kappa shape index (κ3) is 6.21. The average molecular weight is 431 g/mol. The van der Waals surface area contributed by atoms with Gasteiger partial charge in [0, 0.05) is 11.8 Å². The molecule has 1 amide bonds. The van der Waals surface area contributed by atoms with Gasteiger partial charge in [0.15, 0.2) is 17.3 Å². The van der Waals surface area contributed by atoms with Gasteiger partial charge in [-0.25, -0.2) is 0 Å². The second-order valence-corrected chi connectivity index (χ2v) is 6.48. The molecular weight excluding hydrogens is 408 g/mol. The van der Waals surface area contributed by atoms with E-state index in [2.05, 4.69) is 17.0 Å². The number of benzene rings is 2. The van der Waals surface area contributed by atoms with Crippen molar-refractivity contribution >= 4 is 11.6 Å². The lowest BCUT2D eigenvalue weighted by atomic mass is 10.2. The summed E-state index contributed by atoms with van der Waals surface area (Å²) in [7, 11) is 0. The molecule has 6 nitrogen and oxygen atoms in total. The highest BCUT2D eigenvalue weighted by Gasteiger charge is 2.15. The van der Waals surface area contributed by atoms with Crippen molar-refractivity contribution < 1.29 is 32.2 Å². The molecule has 0 unspecified atom stereocenters. The first-order valence-electron chi connectivity index (χ1n) is 9.82. The molecule has 0 aliphatic rings. The van der Waals surface area contributed by atoms with Gasteiger partial charge in [-0.15, -0.1) is 0 Å². The number of nitrogens with one attached hydrogen (secondary N) is 1. The molecule has 0 aliphatic heterocycles. The number of hydrogen-bond donors (Lipinski definition) is 1. The highest BCUT2D eigenvalue weighted by atomic mass is 19.3. The van der Waals surface area contributed by atoms with Gasteiger partial charge in [-0.2, -0.15) is 8.78 Å². The van der Waals surface area contributed by atoms with Crippen LogP contribution in [0.2, 0.25) is 0 Å². The zero-order valence-corrected chi connectivity index (χ0v) is 17.2. The highest BCUT2D eigenvalue weighted by molar-refractivity contribution is 6.02. The van der Waals surface area contributed by atoms with Crippen molar-refractivity contribution in [1.29, 1.82) is 0 Å². The van der Waals surface area contributed by atoms with Crippen molar-refractivity contribution in [3.8, 4) is 17.2 Å². The molecule has 1 heterocycles. The molecule has 1 N–H and O–H groups in total. The third-order valence-electron chi connectivity index (χ3n) is 4.32. The Morgan fingerprint density at radius 3 is 2.45 bits per heavy atom. The van der Waals surface area contributed by atoms with Gasteiger partial charge < -0.3 is 23.9 Å². The fourth-order valence-electron chi connectivity index (χ4n) is 2.79. The number of aryl methyl sites for hydroxylation is 1. The van der Waals surface area contributed by atoms with E-state index in [0.717, 1.165) is 6.42 Å². The van der Waals surface area contributed by atoms with Crippen molar-refractivity contribution in [3.63, 3.8) is 0 Å². The third-order valence-corrected chi connectivity index (χ3v) is 4.32. The number of halogens is 2. The summed E-state index contributed by atoms with van der Waals surface area (Å²) in [5.41, 5.74) is 1.56. The van der Waals surface area contributed by atoms with Gasteiger partial charge in [0.2, 0.25) is 0 Å². The summed E-state index contributed by atoms with van der Waals surface area (Å²) in [6.07, 6.45) is 0.949. The van der Waals surface area contributed by atoms with Crippen molar-refractivity contribution in [3.05, 3.63) is 71.7 Å². The molecule has 2 aromatic carbocycles. The largest absolute Gasteiger partial charge is 0.490 e. The molecule has 3 aromatic rings. The molecule has 1 aromatic heterocycles. The van der Waals surface area contributed by atoms with Gasteiger partial charge >= 0.3 is 6.61 Å². The van der Waals surface area contributed by atoms with E-state index < -0.39 is 12.5 Å². The standard InChI is InChI=1S/C23H23F2NO5/c1-3-15-5-8-17(9-6-15)29-14-18-10-12-20(30-18)22(27)26-16-7-11-19(31-23(24)25)21(13-16)28-4-2/h5-13,23H,3-4,14H2,1-2H3,(H,26,27). The van der Waals surface area contributed by atoms with E-state index in [9.17, 15) is 13.6 Å². The zero-order chi connectivity index (χ0) is 22.2. The van der Waals surface area contributed by atoms with Gasteiger partial charge in [0.1, 0.15) is 18.1 Å². The van der Waals surface area contributed by atoms with Crippen molar-refractivity contribution in [2.75, 3.05) is 11.9 Å². The van der Waals surface area contributed by atoms with Crippen LogP contribution in [0, 0.1) is 0 Å². The predicted octanol–water partition coefficient (Wildman–Crippen LogP) is 5.67. The SMILES string of the molecule is CCOc1cc(NC(=O)c2ccc(COc3ccc(CC)cc3)o2)ccc1OC(F)F. The molecular formula is C23H23F2NO5. The quantitative estimate of drug-likeness (QED) is 0.448. The fourth-order valence-corrected chi connectivity index (χ4v) is 2.79. The lowest BCUT2D eigenvalue weighted by Crippen LogP contribution is -2.11. The average Bonchev–Trinajstić information content (AvgIpc) is 3.24. The summed E-state index contributed by atoms with van der Waals surface area (Å²) < 4.78 is 46.0. The predicted molar refractivity (Wildman–Crippen MR) is 111 cm³/mol. The van der Waals surface area contributed by atoms with Crippen LogP contribution in [0.4, 0.5) is 14.5 Å². The van der Waals surface area contributed by atoms with Crippen molar-refractivity contribution in [2.24, 2.45) is 0 Å². The maximum atomic E-state index is 12.5. The minimum absolute atomic E-state index is 0.0887. The topological polar surface area (TPSA) is 69.9 Å². The van der Waals surface area contributed by atoms with Gasteiger partial charge in [-0.05, 0) is 55.3 Å². The lowest BCUT2D eigenvalue weighted by molar-refractivity contribution is -0.0514.